The molecule has 3 rings (SSSR count). The molecule has 86 valence electrons. The van der Waals surface area contributed by atoms with Crippen molar-refractivity contribution >= 4 is 28.7 Å². The molecule has 0 radical (unpaired) electrons. The van der Waals surface area contributed by atoms with E-state index < -0.39 is 0 Å². The van der Waals surface area contributed by atoms with Crippen LogP contribution in [0.4, 0.5) is 11.6 Å². The number of hydrogen-bond acceptors (Lipinski definition) is 4. The summed E-state index contributed by atoms with van der Waals surface area (Å²) in [5, 5.41) is 4.89. The van der Waals surface area contributed by atoms with Gasteiger partial charge in [-0.15, -0.1) is 0 Å². The average molecular weight is 228 g/mol. The Morgan fingerprint density at radius 3 is 3.06 bits per heavy atom. The number of nitrogens with one attached hydrogen (secondary N) is 1. The molecule has 1 aliphatic rings. The van der Waals surface area contributed by atoms with E-state index in [1.54, 1.807) is 12.4 Å². The van der Waals surface area contributed by atoms with Gasteiger partial charge in [-0.2, -0.15) is 4.98 Å². The molecule has 17 heavy (non-hydrogen) atoms. The first-order valence-electron chi connectivity index (χ1n) is 5.54. The topological polar surface area (TPSA) is 59.3 Å². The molecule has 1 N–H and O–H groups in total. The van der Waals surface area contributed by atoms with Crippen molar-refractivity contribution in [1.29, 1.82) is 0 Å². The third-order valence-corrected chi connectivity index (χ3v) is 3.00. The van der Waals surface area contributed by atoms with Crippen molar-refractivity contribution in [2.45, 2.75) is 20.4 Å². The fraction of sp³-hybridized carbons (Fsp3) is 0.250. The molecule has 2 aromatic rings. The molecular formula is C12H12N4O. The van der Waals surface area contributed by atoms with E-state index >= 15 is 0 Å². The second-order valence-corrected chi connectivity index (χ2v) is 4.06. The van der Waals surface area contributed by atoms with Gasteiger partial charge in [-0.25, -0.2) is 4.99 Å². The monoisotopic (exact) mass is 228 g/mol. The second-order valence-electron chi connectivity index (χ2n) is 4.06. The van der Waals surface area contributed by atoms with Crippen molar-refractivity contribution in [1.82, 2.24) is 9.55 Å². The van der Waals surface area contributed by atoms with E-state index in [1.807, 2.05) is 13.1 Å². The van der Waals surface area contributed by atoms with Crippen molar-refractivity contribution in [2.75, 3.05) is 5.32 Å². The summed E-state index contributed by atoms with van der Waals surface area (Å²) in [4.78, 5) is 19.9. The lowest BCUT2D eigenvalue weighted by Crippen LogP contribution is -2.07. The zero-order valence-electron chi connectivity index (χ0n) is 9.69. The highest BCUT2D eigenvalue weighted by Crippen LogP contribution is 2.35. The minimum Gasteiger partial charge on any atom is -0.332 e. The molecule has 0 aliphatic carbocycles. The average Bonchev–Trinajstić information content (AvgIpc) is 2.62. The van der Waals surface area contributed by atoms with Gasteiger partial charge in [-0.05, 0) is 19.4 Å². The third-order valence-electron chi connectivity index (χ3n) is 3.00. The molecule has 2 aromatic heterocycles. The van der Waals surface area contributed by atoms with Crippen LogP contribution in [-0.2, 0) is 6.54 Å². The Hall–Kier alpha value is -2.17. The van der Waals surface area contributed by atoms with Gasteiger partial charge in [0, 0.05) is 24.2 Å². The summed E-state index contributed by atoms with van der Waals surface area (Å²) in [6, 6.07) is 1.56. The van der Waals surface area contributed by atoms with Gasteiger partial charge in [-0.1, -0.05) is 0 Å². The van der Waals surface area contributed by atoms with Crippen molar-refractivity contribution in [2.24, 2.45) is 4.99 Å². The minimum atomic E-state index is -0.231. The third kappa shape index (κ3) is 1.35. The molecule has 0 amide bonds. The summed E-state index contributed by atoms with van der Waals surface area (Å²) in [7, 11) is 0. The van der Waals surface area contributed by atoms with Gasteiger partial charge in [0.05, 0.1) is 11.7 Å². The Labute approximate surface area is 97.8 Å². The number of aliphatic imine (C=N–C) groups is 1. The maximum absolute atomic E-state index is 11.6. The summed E-state index contributed by atoms with van der Waals surface area (Å²) < 4.78 is 2.06. The lowest BCUT2D eigenvalue weighted by molar-refractivity contribution is 0.775. The fourth-order valence-electron chi connectivity index (χ4n) is 2.18. The van der Waals surface area contributed by atoms with Crippen LogP contribution in [0.2, 0.25) is 0 Å². The normalized spacial score (nSPS) is 12.8. The Morgan fingerprint density at radius 2 is 2.29 bits per heavy atom. The lowest BCUT2D eigenvalue weighted by atomic mass is 10.2. The van der Waals surface area contributed by atoms with Crippen LogP contribution < -0.4 is 10.9 Å². The number of hydrogen-bond donors (Lipinski definition) is 1. The highest BCUT2D eigenvalue weighted by molar-refractivity contribution is 6.07. The van der Waals surface area contributed by atoms with E-state index in [-0.39, 0.29) is 5.56 Å². The van der Waals surface area contributed by atoms with Crippen molar-refractivity contribution in [3.63, 3.8) is 0 Å². The largest absolute Gasteiger partial charge is 0.332 e. The van der Waals surface area contributed by atoms with E-state index in [4.69, 9.17) is 0 Å². The van der Waals surface area contributed by atoms with E-state index in [0.717, 1.165) is 28.7 Å². The van der Waals surface area contributed by atoms with Crippen LogP contribution >= 0.6 is 0 Å². The van der Waals surface area contributed by atoms with E-state index in [2.05, 4.69) is 26.8 Å². The van der Waals surface area contributed by atoms with Gasteiger partial charge in [0.25, 0.3) is 5.56 Å². The Morgan fingerprint density at radius 1 is 1.47 bits per heavy atom. The smallest absolute Gasteiger partial charge is 0.271 e. The van der Waals surface area contributed by atoms with Crippen molar-refractivity contribution in [3.8, 4) is 0 Å². The molecule has 3 heterocycles. The van der Waals surface area contributed by atoms with Gasteiger partial charge >= 0.3 is 0 Å². The SMILES string of the molecule is CCn1cc2c(C)cc(=O)nc3c2c1N=CN3. The van der Waals surface area contributed by atoms with Gasteiger partial charge in [-0.3, -0.25) is 4.79 Å². The predicted molar refractivity (Wildman–Crippen MR) is 68.2 cm³/mol. The Bertz CT molecular complexity index is 700. The lowest BCUT2D eigenvalue weighted by Gasteiger charge is -2.07. The first-order chi connectivity index (χ1) is 8.20. The minimum absolute atomic E-state index is 0.231. The van der Waals surface area contributed by atoms with Crippen LogP contribution in [0, 0.1) is 6.92 Å². The molecule has 0 bridgehead atoms. The van der Waals surface area contributed by atoms with Crippen LogP contribution in [0.1, 0.15) is 12.5 Å². The fourth-order valence-corrected chi connectivity index (χ4v) is 2.18. The highest BCUT2D eigenvalue weighted by atomic mass is 16.1. The van der Waals surface area contributed by atoms with Crippen LogP contribution in [0.5, 0.6) is 0 Å². The zero-order valence-corrected chi connectivity index (χ0v) is 9.69. The van der Waals surface area contributed by atoms with Gasteiger partial charge in [0.15, 0.2) is 0 Å². The van der Waals surface area contributed by atoms with Crippen LogP contribution in [0.15, 0.2) is 22.1 Å². The van der Waals surface area contributed by atoms with Crippen molar-refractivity contribution in [3.05, 3.63) is 28.2 Å². The van der Waals surface area contributed by atoms with Crippen molar-refractivity contribution < 1.29 is 0 Å². The molecule has 5 nitrogen and oxygen atoms in total. The Kier molecular flexibility index (Phi) is 2.01. The van der Waals surface area contributed by atoms with E-state index in [0.29, 0.717) is 5.82 Å². The Balaban J connectivity index is 2.57. The molecule has 0 unspecified atom stereocenters. The number of anilines is 1. The summed E-state index contributed by atoms with van der Waals surface area (Å²) in [5.74, 6) is 1.46. The number of aryl methyl sites for hydroxylation is 2. The molecule has 5 heteroatoms. The number of aromatic nitrogens is 2. The molecule has 0 atom stereocenters. The quantitative estimate of drug-likeness (QED) is 0.809. The first-order valence-corrected chi connectivity index (χ1v) is 5.54. The summed E-state index contributed by atoms with van der Waals surface area (Å²) in [5.41, 5.74) is 0.696. The van der Waals surface area contributed by atoms with E-state index in [9.17, 15) is 4.79 Å². The van der Waals surface area contributed by atoms with Crippen LogP contribution in [0.3, 0.4) is 0 Å². The number of nitrogens with zero attached hydrogens (tertiary/aromatic N) is 3. The molecule has 0 aromatic carbocycles. The summed E-state index contributed by atoms with van der Waals surface area (Å²) in [6.45, 7) is 4.83. The van der Waals surface area contributed by atoms with Gasteiger partial charge in [0.2, 0.25) is 0 Å². The maximum Gasteiger partial charge on any atom is 0.271 e. The van der Waals surface area contributed by atoms with Crippen LogP contribution in [0.25, 0.3) is 10.8 Å². The van der Waals surface area contributed by atoms with Crippen LogP contribution in [-0.4, -0.2) is 15.9 Å². The first kappa shape index (κ1) is 10.0. The molecule has 0 spiro atoms. The molecule has 0 saturated carbocycles. The summed E-state index contributed by atoms with van der Waals surface area (Å²) >= 11 is 0. The molecule has 1 aliphatic heterocycles. The summed E-state index contributed by atoms with van der Waals surface area (Å²) in [6.07, 6.45) is 3.60. The maximum atomic E-state index is 11.6. The molecule has 0 saturated heterocycles. The van der Waals surface area contributed by atoms with E-state index in [1.165, 1.54) is 0 Å². The zero-order chi connectivity index (χ0) is 12.0. The molecule has 0 fully saturated rings. The second kappa shape index (κ2) is 3.41. The molecular weight excluding hydrogens is 216 g/mol. The standard InChI is InChI=1S/C12H12N4O/c1-3-16-5-8-7(2)4-9(17)15-11-10(8)12(16)14-6-13-11/h4-6H,3H2,1-2H3,(H,13,14,15,17). The van der Waals surface area contributed by atoms with Gasteiger partial charge in [0.1, 0.15) is 11.6 Å². The highest BCUT2D eigenvalue weighted by Gasteiger charge is 2.16. The van der Waals surface area contributed by atoms with Gasteiger partial charge < -0.3 is 9.88 Å². The number of rotatable bonds is 1. The predicted octanol–water partition coefficient (Wildman–Crippen LogP) is 1.81.